The maximum atomic E-state index is 3.90. The summed E-state index contributed by atoms with van der Waals surface area (Å²) in [7, 11) is 0. The average molecular weight is 331 g/mol. The summed E-state index contributed by atoms with van der Waals surface area (Å²) in [6, 6.07) is 22.2. The lowest BCUT2D eigenvalue weighted by Crippen LogP contribution is -2.49. The molecule has 6 atom stereocenters. The topological polar surface area (TPSA) is 18.3 Å². The number of nitrogens with zero attached hydrogens (tertiary/aromatic N) is 2. The van der Waals surface area contributed by atoms with E-state index in [-0.39, 0.29) is 0 Å². The van der Waals surface area contributed by atoms with E-state index in [4.69, 9.17) is 0 Å². The highest BCUT2D eigenvalue weighted by molar-refractivity contribution is 5.66. The largest absolute Gasteiger partial charge is 0.368 e. The molecule has 3 nitrogen and oxygen atoms in total. The van der Waals surface area contributed by atoms with Gasteiger partial charge in [-0.2, -0.15) is 0 Å². The van der Waals surface area contributed by atoms with E-state index in [1.807, 2.05) is 0 Å². The summed E-state index contributed by atoms with van der Waals surface area (Å²) in [4.78, 5) is 5.56. The Morgan fingerprint density at radius 1 is 1.08 bits per heavy atom. The van der Waals surface area contributed by atoms with E-state index in [2.05, 4.69) is 76.6 Å². The van der Waals surface area contributed by atoms with Crippen LogP contribution in [-0.2, 0) is 12.0 Å². The molecule has 1 N–H and O–H groups in total. The molecule has 128 valence electrons. The monoisotopic (exact) mass is 331 g/mol. The lowest BCUT2D eigenvalue weighted by atomic mass is 9.73. The summed E-state index contributed by atoms with van der Waals surface area (Å²) in [5.74, 6) is 0. The first-order valence-electron chi connectivity index (χ1n) is 9.76. The van der Waals surface area contributed by atoms with E-state index < -0.39 is 0 Å². The zero-order valence-electron chi connectivity index (χ0n) is 14.7. The Bertz CT molecular complexity index is 819. The van der Waals surface area contributed by atoms with Gasteiger partial charge in [0.05, 0.1) is 6.17 Å². The van der Waals surface area contributed by atoms with Gasteiger partial charge in [-0.25, -0.2) is 0 Å². The highest BCUT2D eigenvalue weighted by Gasteiger charge is 2.76. The minimum atomic E-state index is 0.293. The van der Waals surface area contributed by atoms with Crippen LogP contribution < -0.4 is 5.32 Å². The molecule has 6 rings (SSSR count). The molecule has 1 spiro atoms. The van der Waals surface area contributed by atoms with E-state index in [1.165, 1.54) is 30.6 Å². The summed E-state index contributed by atoms with van der Waals surface area (Å²) in [6.07, 6.45) is 3.05. The molecule has 3 saturated heterocycles. The van der Waals surface area contributed by atoms with Crippen LogP contribution in [0, 0.1) is 0 Å². The zero-order valence-corrected chi connectivity index (χ0v) is 14.7. The first-order chi connectivity index (χ1) is 12.3. The second kappa shape index (κ2) is 4.87. The third kappa shape index (κ3) is 1.68. The van der Waals surface area contributed by atoms with Crippen LogP contribution >= 0.6 is 0 Å². The smallest absolute Gasteiger partial charge is 0.0915 e. The van der Waals surface area contributed by atoms with Crippen molar-refractivity contribution in [2.75, 3.05) is 11.9 Å². The van der Waals surface area contributed by atoms with Gasteiger partial charge in [0.15, 0.2) is 0 Å². The number of rotatable bonds is 3. The van der Waals surface area contributed by atoms with Crippen molar-refractivity contribution < 1.29 is 0 Å². The third-order valence-electron chi connectivity index (χ3n) is 7.24. The van der Waals surface area contributed by atoms with E-state index in [1.54, 1.807) is 5.56 Å². The number of fused-ring (bicyclic) bond motifs is 4. The molecule has 2 aromatic carbocycles. The predicted octanol–water partition coefficient (Wildman–Crippen LogP) is 3.43. The molecule has 0 aromatic heterocycles. The molecular formula is C22H25N3. The SMILES string of the molecule is CCC1[C@@H]2[C@H]3N(Cc4ccccc4)CC[C@]34c3ccccc3N[C@@H]4N12. The molecule has 0 amide bonds. The number of hydrogen-bond donors (Lipinski definition) is 1. The van der Waals surface area contributed by atoms with Crippen molar-refractivity contribution in [3.63, 3.8) is 0 Å². The van der Waals surface area contributed by atoms with Crippen molar-refractivity contribution in [2.45, 2.75) is 56.0 Å². The Balaban J connectivity index is 1.42. The van der Waals surface area contributed by atoms with E-state index in [0.717, 1.165) is 18.6 Å². The predicted molar refractivity (Wildman–Crippen MR) is 100 cm³/mol. The van der Waals surface area contributed by atoms with Gasteiger partial charge >= 0.3 is 0 Å². The molecule has 4 aliphatic rings. The van der Waals surface area contributed by atoms with Gasteiger partial charge in [0.25, 0.3) is 0 Å². The highest BCUT2D eigenvalue weighted by Crippen LogP contribution is 2.64. The quantitative estimate of drug-likeness (QED) is 0.869. The number of likely N-dealkylation sites (tertiary alicyclic amines) is 1. The average Bonchev–Trinajstić information content (AvgIpc) is 2.93. The third-order valence-corrected chi connectivity index (χ3v) is 7.24. The fourth-order valence-electron chi connectivity index (χ4n) is 6.34. The fourth-order valence-corrected chi connectivity index (χ4v) is 6.34. The standard InChI is InChI=1S/C22H25N3/c1-2-18-19-20-22(12-13-24(20)14-15-8-4-3-5-9-15)16-10-6-7-11-17(16)23-21(22)25(18)19/h3-11,18-21,23H,2,12-14H2,1H3/t18?,19-,20-,21-,22+,25?/m1/s1. The molecule has 3 fully saturated rings. The van der Waals surface area contributed by atoms with Gasteiger partial charge in [0.2, 0.25) is 0 Å². The molecule has 4 heterocycles. The van der Waals surface area contributed by atoms with Crippen molar-refractivity contribution in [3.8, 4) is 0 Å². The summed E-state index contributed by atoms with van der Waals surface area (Å²) in [5.41, 5.74) is 4.69. The number of anilines is 1. The maximum absolute atomic E-state index is 3.90. The van der Waals surface area contributed by atoms with Gasteiger partial charge in [-0.3, -0.25) is 9.80 Å². The van der Waals surface area contributed by atoms with Gasteiger partial charge in [0.1, 0.15) is 0 Å². The highest BCUT2D eigenvalue weighted by atomic mass is 15.5. The van der Waals surface area contributed by atoms with E-state index >= 15 is 0 Å². The van der Waals surface area contributed by atoms with Gasteiger partial charge in [0, 0.05) is 35.8 Å². The van der Waals surface area contributed by atoms with Crippen LogP contribution in [0.3, 0.4) is 0 Å². The fraction of sp³-hybridized carbons (Fsp3) is 0.455. The maximum Gasteiger partial charge on any atom is 0.0915 e. The molecule has 4 aliphatic heterocycles. The molecular weight excluding hydrogens is 306 g/mol. The molecule has 0 saturated carbocycles. The van der Waals surface area contributed by atoms with Crippen LogP contribution in [0.5, 0.6) is 0 Å². The van der Waals surface area contributed by atoms with Crippen molar-refractivity contribution in [1.29, 1.82) is 0 Å². The normalized spacial score (nSPS) is 40.1. The molecule has 3 heteroatoms. The Labute approximate surface area is 149 Å². The van der Waals surface area contributed by atoms with Crippen LogP contribution in [0.2, 0.25) is 0 Å². The van der Waals surface area contributed by atoms with E-state index in [9.17, 15) is 0 Å². The Hall–Kier alpha value is -1.84. The van der Waals surface area contributed by atoms with Crippen molar-refractivity contribution in [3.05, 3.63) is 65.7 Å². The van der Waals surface area contributed by atoms with Gasteiger partial charge in [-0.05, 0) is 36.6 Å². The Morgan fingerprint density at radius 3 is 2.72 bits per heavy atom. The second-order valence-electron chi connectivity index (χ2n) is 8.20. The molecule has 0 bridgehead atoms. The number of para-hydroxylation sites is 1. The van der Waals surface area contributed by atoms with Crippen molar-refractivity contribution in [2.24, 2.45) is 0 Å². The summed E-state index contributed by atoms with van der Waals surface area (Å²) in [5, 5.41) is 3.90. The summed E-state index contributed by atoms with van der Waals surface area (Å²) in [6.45, 7) is 4.65. The zero-order chi connectivity index (χ0) is 16.6. The summed E-state index contributed by atoms with van der Waals surface area (Å²) < 4.78 is 0. The Kier molecular flexibility index (Phi) is 2.79. The minimum absolute atomic E-state index is 0.293. The van der Waals surface area contributed by atoms with Crippen molar-refractivity contribution >= 4 is 5.69 Å². The van der Waals surface area contributed by atoms with Gasteiger partial charge in [-0.15, -0.1) is 0 Å². The van der Waals surface area contributed by atoms with Crippen LogP contribution in [0.15, 0.2) is 54.6 Å². The van der Waals surface area contributed by atoms with Crippen molar-refractivity contribution in [1.82, 2.24) is 9.80 Å². The molecule has 0 aliphatic carbocycles. The number of hydrogen-bond acceptors (Lipinski definition) is 3. The minimum Gasteiger partial charge on any atom is -0.368 e. The lowest BCUT2D eigenvalue weighted by molar-refractivity contribution is 0.205. The molecule has 0 radical (unpaired) electrons. The number of piperidine rings is 1. The van der Waals surface area contributed by atoms with Gasteiger partial charge in [-0.1, -0.05) is 55.5 Å². The van der Waals surface area contributed by atoms with Crippen LogP contribution in [-0.4, -0.2) is 40.6 Å². The van der Waals surface area contributed by atoms with Crippen LogP contribution in [0.4, 0.5) is 5.69 Å². The Morgan fingerprint density at radius 2 is 1.88 bits per heavy atom. The van der Waals surface area contributed by atoms with Gasteiger partial charge < -0.3 is 5.32 Å². The molecule has 25 heavy (non-hydrogen) atoms. The van der Waals surface area contributed by atoms with Crippen LogP contribution in [0.25, 0.3) is 0 Å². The number of benzene rings is 2. The van der Waals surface area contributed by atoms with Crippen LogP contribution in [0.1, 0.15) is 30.9 Å². The lowest BCUT2D eigenvalue weighted by Gasteiger charge is -2.35. The molecule has 2 aromatic rings. The first kappa shape index (κ1) is 14.3. The second-order valence-corrected chi connectivity index (χ2v) is 8.20. The molecule has 2 unspecified atom stereocenters. The first-order valence-corrected chi connectivity index (χ1v) is 9.76. The number of nitrogens with one attached hydrogen (secondary N) is 1. The van der Waals surface area contributed by atoms with E-state index in [0.29, 0.717) is 17.6 Å². The summed E-state index contributed by atoms with van der Waals surface area (Å²) >= 11 is 0.